The second kappa shape index (κ2) is 10.7. The van der Waals surface area contributed by atoms with Crippen LogP contribution in [0.3, 0.4) is 0 Å². The Hall–Kier alpha value is -3.72. The van der Waals surface area contributed by atoms with Gasteiger partial charge >= 0.3 is 0 Å². The summed E-state index contributed by atoms with van der Waals surface area (Å²) in [4.78, 5) is 26.7. The number of aromatic nitrogens is 2. The van der Waals surface area contributed by atoms with Gasteiger partial charge < -0.3 is 4.74 Å². The van der Waals surface area contributed by atoms with Gasteiger partial charge in [0.25, 0.3) is 17.9 Å². The molecule has 0 spiro atoms. The molecule has 13 heteroatoms. The average Bonchev–Trinajstić information content (AvgIpc) is 2.72. The molecule has 0 aliphatic heterocycles. The molecule has 0 radical (unpaired) electrons. The van der Waals surface area contributed by atoms with E-state index in [1.807, 2.05) is 6.07 Å². The number of nitriles is 1. The van der Waals surface area contributed by atoms with Crippen molar-refractivity contribution in [3.63, 3.8) is 0 Å². The van der Waals surface area contributed by atoms with Crippen molar-refractivity contribution in [2.75, 3.05) is 0 Å². The van der Waals surface area contributed by atoms with Gasteiger partial charge in [-0.1, -0.05) is 17.2 Å². The monoisotopic (exact) mass is 485 g/mol. The molecule has 174 valence electrons. The maximum atomic E-state index is 13.7. The van der Waals surface area contributed by atoms with E-state index in [2.05, 4.69) is 10.1 Å². The maximum Gasteiger partial charge on any atom is 0.297 e. The third-order valence-electron chi connectivity index (χ3n) is 3.94. The number of halogens is 5. The first-order valence-corrected chi connectivity index (χ1v) is 9.42. The van der Waals surface area contributed by atoms with Gasteiger partial charge in [0, 0.05) is 18.5 Å². The van der Waals surface area contributed by atoms with E-state index in [9.17, 15) is 27.2 Å². The SMILES string of the molecule is C/C(=C\C(=N/NC=O)C(C)(F)F)Cn1cnc(C(F)F)c(Oc2cc(Cl)cc(C#N)c2)c1=O. The quantitative estimate of drug-likeness (QED) is 0.248. The molecule has 0 unspecified atom stereocenters. The van der Waals surface area contributed by atoms with E-state index in [1.165, 1.54) is 25.1 Å². The first-order valence-electron chi connectivity index (χ1n) is 9.04. The summed E-state index contributed by atoms with van der Waals surface area (Å²) in [7, 11) is 0. The Kier molecular flexibility index (Phi) is 8.31. The van der Waals surface area contributed by atoms with Gasteiger partial charge in [-0.25, -0.2) is 19.2 Å². The van der Waals surface area contributed by atoms with Crippen molar-refractivity contribution in [1.29, 1.82) is 5.26 Å². The number of hydrogen-bond acceptors (Lipinski definition) is 6. The maximum absolute atomic E-state index is 13.7. The lowest BCUT2D eigenvalue weighted by atomic mass is 10.1. The zero-order valence-electron chi connectivity index (χ0n) is 17.2. The third-order valence-corrected chi connectivity index (χ3v) is 4.16. The lowest BCUT2D eigenvalue weighted by Gasteiger charge is -2.14. The first-order chi connectivity index (χ1) is 15.5. The minimum absolute atomic E-state index is 0.0651. The highest BCUT2D eigenvalue weighted by Crippen LogP contribution is 2.30. The summed E-state index contributed by atoms with van der Waals surface area (Å²) in [5.74, 6) is -4.38. The number of carbonyl (C=O) groups is 1. The van der Waals surface area contributed by atoms with Gasteiger partial charge in [-0.15, -0.1) is 0 Å². The molecule has 0 bridgehead atoms. The molecule has 1 N–H and O–H groups in total. The van der Waals surface area contributed by atoms with Gasteiger partial charge in [-0.3, -0.25) is 14.2 Å². The highest BCUT2D eigenvalue weighted by atomic mass is 35.5. The molecule has 0 aliphatic rings. The van der Waals surface area contributed by atoms with Crippen LogP contribution in [-0.4, -0.2) is 27.6 Å². The number of carbonyl (C=O) groups excluding carboxylic acids is 1. The largest absolute Gasteiger partial charge is 0.449 e. The number of hydrazone groups is 1. The van der Waals surface area contributed by atoms with Crippen molar-refractivity contribution < 1.29 is 27.1 Å². The standard InChI is InChI=1S/C20H16ClF4N5O3/c1-11(3-15(20(2,24)25)29-28-10-31)8-30-9-27-16(18(22)23)17(19(30)32)33-14-5-12(7-26)4-13(21)6-14/h3-6,9-10,18H,8H2,1-2H3,(H,28,31)/b11-3+,29-15+. The Bertz CT molecular complexity index is 1200. The molecule has 33 heavy (non-hydrogen) atoms. The Morgan fingerprint density at radius 3 is 2.70 bits per heavy atom. The average molecular weight is 486 g/mol. The van der Waals surface area contributed by atoms with Gasteiger partial charge in [0.15, 0.2) is 5.69 Å². The van der Waals surface area contributed by atoms with Gasteiger partial charge in [-0.05, 0) is 31.2 Å². The van der Waals surface area contributed by atoms with Gasteiger partial charge in [0.05, 0.1) is 18.0 Å². The first kappa shape index (κ1) is 25.5. The van der Waals surface area contributed by atoms with Gasteiger partial charge in [-0.2, -0.15) is 19.1 Å². The number of nitrogens with zero attached hydrogens (tertiary/aromatic N) is 4. The number of amides is 1. The van der Waals surface area contributed by atoms with Gasteiger partial charge in [0.2, 0.25) is 12.2 Å². The fourth-order valence-electron chi connectivity index (χ4n) is 2.55. The van der Waals surface area contributed by atoms with E-state index in [1.54, 1.807) is 5.43 Å². The van der Waals surface area contributed by atoms with Crippen LogP contribution < -0.4 is 15.7 Å². The fourth-order valence-corrected chi connectivity index (χ4v) is 2.78. The molecule has 0 saturated carbocycles. The molecule has 1 aromatic carbocycles. The Balaban J connectivity index is 2.48. The van der Waals surface area contributed by atoms with E-state index in [4.69, 9.17) is 21.6 Å². The van der Waals surface area contributed by atoms with E-state index >= 15 is 0 Å². The second-order valence-electron chi connectivity index (χ2n) is 6.71. The molecule has 0 fully saturated rings. The number of alkyl halides is 4. The van der Waals surface area contributed by atoms with Crippen LogP contribution >= 0.6 is 11.6 Å². The number of rotatable bonds is 9. The topological polar surface area (TPSA) is 109 Å². The number of benzene rings is 1. The molecule has 2 rings (SSSR count). The minimum Gasteiger partial charge on any atom is -0.449 e. The number of hydrogen-bond donors (Lipinski definition) is 1. The highest BCUT2D eigenvalue weighted by molar-refractivity contribution is 6.30. The molecule has 8 nitrogen and oxygen atoms in total. The second-order valence-corrected chi connectivity index (χ2v) is 7.14. The fraction of sp³-hybridized carbons (Fsp3) is 0.250. The van der Waals surface area contributed by atoms with Crippen molar-refractivity contribution in [2.24, 2.45) is 5.10 Å². The molecule has 0 saturated heterocycles. The van der Waals surface area contributed by atoms with Crippen LogP contribution in [0, 0.1) is 11.3 Å². The number of nitrogens with one attached hydrogen (secondary N) is 1. The summed E-state index contributed by atoms with van der Waals surface area (Å²) in [6, 6.07) is 5.52. The lowest BCUT2D eigenvalue weighted by molar-refractivity contribution is -0.109. The number of allylic oxidation sites excluding steroid dienone is 2. The van der Waals surface area contributed by atoms with Crippen LogP contribution in [0.15, 0.2) is 46.1 Å². The summed E-state index contributed by atoms with van der Waals surface area (Å²) >= 11 is 5.87. The van der Waals surface area contributed by atoms with Crippen LogP contribution in [0.1, 0.15) is 31.5 Å². The van der Waals surface area contributed by atoms with E-state index < -0.39 is 35.1 Å². The minimum atomic E-state index is -3.42. The zero-order chi connectivity index (χ0) is 24.8. The van der Waals surface area contributed by atoms with Crippen molar-refractivity contribution in [1.82, 2.24) is 15.0 Å². The highest BCUT2D eigenvalue weighted by Gasteiger charge is 2.28. The Labute approximate surface area is 189 Å². The number of ether oxygens (including phenoxy) is 1. The molecule has 0 atom stereocenters. The van der Waals surface area contributed by atoms with E-state index in [0.29, 0.717) is 6.92 Å². The van der Waals surface area contributed by atoms with Crippen LogP contribution in [0.5, 0.6) is 11.5 Å². The van der Waals surface area contributed by atoms with E-state index in [-0.39, 0.29) is 34.9 Å². The predicted molar refractivity (Wildman–Crippen MR) is 111 cm³/mol. The van der Waals surface area contributed by atoms with E-state index in [0.717, 1.165) is 17.0 Å². The Morgan fingerprint density at radius 2 is 2.12 bits per heavy atom. The summed E-state index contributed by atoms with van der Waals surface area (Å²) in [6.45, 7) is 1.60. The van der Waals surface area contributed by atoms with Crippen molar-refractivity contribution in [2.45, 2.75) is 32.7 Å². The van der Waals surface area contributed by atoms with Crippen molar-refractivity contribution in [3.8, 4) is 17.6 Å². The van der Waals surface area contributed by atoms with Gasteiger partial charge in [0.1, 0.15) is 11.5 Å². The van der Waals surface area contributed by atoms with Crippen LogP contribution in [0.25, 0.3) is 0 Å². The third kappa shape index (κ3) is 6.88. The molecular formula is C20H16ClF4N5O3. The molecule has 1 amide bonds. The van der Waals surface area contributed by atoms with Crippen LogP contribution in [-0.2, 0) is 11.3 Å². The van der Waals surface area contributed by atoms with Crippen LogP contribution in [0.4, 0.5) is 17.6 Å². The lowest BCUT2D eigenvalue weighted by Crippen LogP contribution is -2.27. The summed E-state index contributed by atoms with van der Waals surface area (Å²) in [6.07, 6.45) is -1.32. The van der Waals surface area contributed by atoms with Crippen molar-refractivity contribution >= 4 is 23.7 Å². The van der Waals surface area contributed by atoms with Crippen LogP contribution in [0.2, 0.25) is 5.02 Å². The molecule has 0 aliphatic carbocycles. The summed E-state index contributed by atoms with van der Waals surface area (Å²) in [5, 5.41) is 12.4. The molecule has 2 aromatic rings. The predicted octanol–water partition coefficient (Wildman–Crippen LogP) is 4.20. The molecule has 1 aromatic heterocycles. The smallest absolute Gasteiger partial charge is 0.297 e. The Morgan fingerprint density at radius 1 is 1.42 bits per heavy atom. The normalized spacial score (nSPS) is 12.5. The summed E-state index contributed by atoms with van der Waals surface area (Å²) < 4.78 is 60.4. The zero-order valence-corrected chi connectivity index (χ0v) is 17.9. The summed E-state index contributed by atoms with van der Waals surface area (Å²) in [5.41, 5.74) is -0.773. The van der Waals surface area contributed by atoms with Crippen molar-refractivity contribution in [3.05, 3.63) is 62.8 Å². The molecular weight excluding hydrogens is 470 g/mol. The molecule has 1 heterocycles.